The maximum Gasteiger partial charge on any atom is 0.256 e. The second-order valence-electron chi connectivity index (χ2n) is 8.72. The van der Waals surface area contributed by atoms with Gasteiger partial charge in [0.15, 0.2) is 0 Å². The average Bonchev–Trinajstić information content (AvgIpc) is 3.17. The van der Waals surface area contributed by atoms with Crippen LogP contribution in [0.2, 0.25) is 15.1 Å². The van der Waals surface area contributed by atoms with Gasteiger partial charge in [0.2, 0.25) is 0 Å². The minimum Gasteiger partial charge on any atom is -0.495 e. The summed E-state index contributed by atoms with van der Waals surface area (Å²) in [6.45, 7) is 0.827. The number of anilines is 1. The predicted octanol–water partition coefficient (Wildman–Crippen LogP) is 7.99. The molecule has 0 bridgehead atoms. The monoisotopic (exact) mass is 515 g/mol. The molecule has 0 unspecified atom stereocenters. The summed E-state index contributed by atoms with van der Waals surface area (Å²) < 4.78 is 8.01. The van der Waals surface area contributed by atoms with E-state index in [0.29, 0.717) is 27.9 Å². The molecule has 0 saturated heterocycles. The standard InChI is InChI=1S/C26H24Cl3N3O2/c1-34-21-11-10-17(26(33)31-23-19(28)12-30-13-20(23)29)22-16-8-5-9-18(27)24(16)32(25(21)22)14-15-6-3-2-4-7-15/h5,8-13,15H,2-4,6-7,14H2,1H3,(H,30,31,33). The van der Waals surface area contributed by atoms with Crippen LogP contribution >= 0.6 is 34.8 Å². The number of hydrogen-bond donors (Lipinski definition) is 1. The summed E-state index contributed by atoms with van der Waals surface area (Å²) in [4.78, 5) is 17.5. The van der Waals surface area contributed by atoms with Gasteiger partial charge in [0.05, 0.1) is 38.9 Å². The first-order valence-corrected chi connectivity index (χ1v) is 12.5. The summed E-state index contributed by atoms with van der Waals surface area (Å²) in [6, 6.07) is 9.40. The Bertz CT molecular complexity index is 1370. The molecule has 1 fully saturated rings. The minimum absolute atomic E-state index is 0.272. The van der Waals surface area contributed by atoms with Crippen molar-refractivity contribution < 1.29 is 9.53 Å². The average molecular weight is 517 g/mol. The molecule has 1 amide bonds. The highest BCUT2D eigenvalue weighted by atomic mass is 35.5. The molecule has 34 heavy (non-hydrogen) atoms. The SMILES string of the molecule is COc1ccc(C(=O)Nc2c(Cl)cncc2Cl)c2c3cccc(Cl)c3n(CC3CCCCC3)c12. The fourth-order valence-corrected chi connectivity index (χ4v) is 5.83. The molecule has 0 spiro atoms. The molecular formula is C26H24Cl3N3O2. The lowest BCUT2D eigenvalue weighted by molar-refractivity contribution is 0.102. The van der Waals surface area contributed by atoms with Gasteiger partial charge < -0.3 is 14.6 Å². The number of pyridine rings is 1. The number of fused-ring (bicyclic) bond motifs is 3. The highest BCUT2D eigenvalue weighted by Crippen LogP contribution is 2.42. The van der Waals surface area contributed by atoms with E-state index in [1.54, 1.807) is 13.2 Å². The number of ether oxygens (including phenoxy) is 1. The molecule has 1 N–H and O–H groups in total. The highest BCUT2D eigenvalue weighted by molar-refractivity contribution is 6.40. The quantitative estimate of drug-likeness (QED) is 0.292. The normalized spacial score (nSPS) is 14.6. The number of amides is 1. The van der Waals surface area contributed by atoms with Crippen LogP contribution in [-0.2, 0) is 6.54 Å². The van der Waals surface area contributed by atoms with Gasteiger partial charge in [-0.05, 0) is 37.0 Å². The van der Waals surface area contributed by atoms with Crippen molar-refractivity contribution in [2.24, 2.45) is 5.92 Å². The maximum absolute atomic E-state index is 13.5. The Kier molecular flexibility index (Phi) is 6.61. The van der Waals surface area contributed by atoms with Crippen LogP contribution in [0, 0.1) is 5.92 Å². The third-order valence-electron chi connectivity index (χ3n) is 6.66. The van der Waals surface area contributed by atoms with E-state index in [9.17, 15) is 4.79 Å². The second kappa shape index (κ2) is 9.65. The molecule has 1 aliphatic rings. The number of hydrogen-bond acceptors (Lipinski definition) is 3. The smallest absolute Gasteiger partial charge is 0.256 e. The van der Waals surface area contributed by atoms with Crippen molar-refractivity contribution in [3.63, 3.8) is 0 Å². The van der Waals surface area contributed by atoms with E-state index in [1.807, 2.05) is 24.3 Å². The Morgan fingerprint density at radius 2 is 1.76 bits per heavy atom. The number of carbonyl (C=O) groups is 1. The summed E-state index contributed by atoms with van der Waals surface area (Å²) in [6.07, 6.45) is 9.05. The molecular weight excluding hydrogens is 493 g/mol. The number of nitrogens with zero attached hydrogens (tertiary/aromatic N) is 2. The van der Waals surface area contributed by atoms with Gasteiger partial charge in [0, 0.05) is 35.3 Å². The van der Waals surface area contributed by atoms with E-state index in [2.05, 4.69) is 14.9 Å². The minimum atomic E-state index is -0.320. The van der Waals surface area contributed by atoms with Crippen molar-refractivity contribution in [1.82, 2.24) is 9.55 Å². The topological polar surface area (TPSA) is 56.1 Å². The lowest BCUT2D eigenvalue weighted by Gasteiger charge is -2.23. The van der Waals surface area contributed by atoms with E-state index in [0.717, 1.165) is 28.4 Å². The number of carbonyl (C=O) groups excluding carboxylic acids is 1. The molecule has 5 rings (SSSR count). The number of para-hydroxylation sites is 1. The summed E-state index contributed by atoms with van der Waals surface area (Å²) >= 11 is 19.3. The predicted molar refractivity (Wildman–Crippen MR) is 140 cm³/mol. The van der Waals surface area contributed by atoms with Gasteiger partial charge in [0.25, 0.3) is 5.91 Å². The summed E-state index contributed by atoms with van der Waals surface area (Å²) in [7, 11) is 1.65. The zero-order valence-corrected chi connectivity index (χ0v) is 21.0. The molecule has 2 aromatic heterocycles. The van der Waals surface area contributed by atoms with Gasteiger partial charge in [-0.3, -0.25) is 9.78 Å². The van der Waals surface area contributed by atoms with Crippen LogP contribution < -0.4 is 10.1 Å². The van der Waals surface area contributed by atoms with Gasteiger partial charge in [-0.2, -0.15) is 0 Å². The zero-order valence-electron chi connectivity index (χ0n) is 18.7. The van der Waals surface area contributed by atoms with Crippen molar-refractivity contribution in [2.45, 2.75) is 38.6 Å². The summed E-state index contributed by atoms with van der Waals surface area (Å²) in [5, 5.41) is 5.77. The molecule has 1 saturated carbocycles. The zero-order chi connectivity index (χ0) is 23.8. The Morgan fingerprint density at radius 3 is 2.47 bits per heavy atom. The van der Waals surface area contributed by atoms with Crippen LogP contribution in [0.15, 0.2) is 42.7 Å². The fourth-order valence-electron chi connectivity index (χ4n) is 5.09. The molecule has 2 heterocycles. The van der Waals surface area contributed by atoms with Crippen molar-refractivity contribution in [3.8, 4) is 5.75 Å². The molecule has 8 heteroatoms. The molecule has 0 radical (unpaired) electrons. The third kappa shape index (κ3) is 4.10. The van der Waals surface area contributed by atoms with Crippen molar-refractivity contribution in [3.05, 3.63) is 63.4 Å². The van der Waals surface area contributed by atoms with Gasteiger partial charge >= 0.3 is 0 Å². The first-order valence-electron chi connectivity index (χ1n) is 11.4. The fraction of sp³-hybridized carbons (Fsp3) is 0.308. The number of rotatable bonds is 5. The van der Waals surface area contributed by atoms with Crippen LogP contribution in [-0.4, -0.2) is 22.6 Å². The molecule has 1 aliphatic carbocycles. The Hall–Kier alpha value is -2.47. The molecule has 0 atom stereocenters. The highest BCUT2D eigenvalue weighted by Gasteiger charge is 2.25. The van der Waals surface area contributed by atoms with Gasteiger partial charge in [-0.25, -0.2) is 0 Å². The second-order valence-corrected chi connectivity index (χ2v) is 9.94. The van der Waals surface area contributed by atoms with Crippen LogP contribution in [0.3, 0.4) is 0 Å². The number of aromatic nitrogens is 2. The molecule has 4 aromatic rings. The molecule has 176 valence electrons. The van der Waals surface area contributed by atoms with Gasteiger partial charge in [-0.1, -0.05) is 66.2 Å². The summed E-state index contributed by atoms with van der Waals surface area (Å²) in [5.41, 5.74) is 2.62. The summed E-state index contributed by atoms with van der Waals surface area (Å²) in [5.74, 6) is 0.939. The lowest BCUT2D eigenvalue weighted by Crippen LogP contribution is -2.15. The third-order valence-corrected chi connectivity index (χ3v) is 7.54. The Balaban J connectivity index is 1.71. The van der Waals surface area contributed by atoms with Crippen LogP contribution in [0.4, 0.5) is 5.69 Å². The number of nitrogens with one attached hydrogen (secondary N) is 1. The van der Waals surface area contributed by atoms with E-state index < -0.39 is 0 Å². The number of methoxy groups -OCH3 is 1. The number of benzene rings is 2. The lowest BCUT2D eigenvalue weighted by atomic mass is 9.89. The van der Waals surface area contributed by atoms with E-state index in [4.69, 9.17) is 39.5 Å². The first-order chi connectivity index (χ1) is 16.5. The van der Waals surface area contributed by atoms with Crippen LogP contribution in [0.1, 0.15) is 42.5 Å². The maximum atomic E-state index is 13.5. The Morgan fingerprint density at radius 1 is 1.03 bits per heavy atom. The first kappa shape index (κ1) is 23.3. The van der Waals surface area contributed by atoms with Crippen molar-refractivity contribution >= 4 is 68.2 Å². The largest absolute Gasteiger partial charge is 0.495 e. The van der Waals surface area contributed by atoms with Crippen molar-refractivity contribution in [2.75, 3.05) is 12.4 Å². The van der Waals surface area contributed by atoms with E-state index in [-0.39, 0.29) is 16.0 Å². The van der Waals surface area contributed by atoms with Crippen LogP contribution in [0.5, 0.6) is 5.75 Å². The molecule has 5 nitrogen and oxygen atoms in total. The van der Waals surface area contributed by atoms with Gasteiger partial charge in [-0.15, -0.1) is 0 Å². The Labute approximate surface area is 213 Å². The van der Waals surface area contributed by atoms with E-state index >= 15 is 0 Å². The van der Waals surface area contributed by atoms with Crippen molar-refractivity contribution in [1.29, 1.82) is 0 Å². The van der Waals surface area contributed by atoms with Gasteiger partial charge in [0.1, 0.15) is 5.75 Å². The molecule has 0 aliphatic heterocycles. The van der Waals surface area contributed by atoms with E-state index in [1.165, 1.54) is 44.5 Å². The number of halogens is 3. The van der Waals surface area contributed by atoms with Crippen LogP contribution in [0.25, 0.3) is 21.8 Å². The molecule has 2 aromatic carbocycles.